The highest BCUT2D eigenvalue weighted by Crippen LogP contribution is 2.49. The largest absolute Gasteiger partial charge is 0.493 e. The molecule has 2 fully saturated rings. The van der Waals surface area contributed by atoms with Crippen molar-refractivity contribution in [1.82, 2.24) is 10.2 Å². The van der Waals surface area contributed by atoms with Crippen LogP contribution in [0.1, 0.15) is 36.0 Å². The minimum atomic E-state index is -2.73. The number of halogens is 4. The number of aliphatic hydroxyl groups is 3. The number of nitrogens with zero attached hydrogens (tertiary/aromatic N) is 1. The van der Waals surface area contributed by atoms with Crippen LogP contribution in [0.15, 0.2) is 48.5 Å². The fraction of sp³-hybridized carbons (Fsp3) is 0.486. The predicted octanol–water partition coefficient (Wildman–Crippen LogP) is 5.86. The Balaban J connectivity index is 1.27. The summed E-state index contributed by atoms with van der Waals surface area (Å²) in [6, 6.07) is 14.2. The molecule has 1 aliphatic heterocycles. The second-order valence-corrected chi connectivity index (χ2v) is 13.0. The van der Waals surface area contributed by atoms with E-state index in [2.05, 4.69) is 10.2 Å². The summed E-state index contributed by atoms with van der Waals surface area (Å²) in [6.45, 7) is 4.62. The number of β-amino-alcohol motifs (C(OH)–C–C–N with tert-alkyl or cyclic N) is 1. The van der Waals surface area contributed by atoms with Crippen molar-refractivity contribution in [3.05, 3.63) is 75.3 Å². The SMILES string of the molecule is Cc1c(OCCCN2CCC(O)C2)cccc1-c1cccc(COc2cc(OCC3CC3(F)F)c(CNC(CO)CO)cc2Cl)c1Cl. The van der Waals surface area contributed by atoms with Gasteiger partial charge in [-0.15, -0.1) is 0 Å². The molecule has 2 atom stereocenters. The molecule has 47 heavy (non-hydrogen) atoms. The Labute approximate surface area is 284 Å². The third-order valence-electron chi connectivity index (χ3n) is 8.69. The van der Waals surface area contributed by atoms with Gasteiger partial charge in [0.05, 0.1) is 54.5 Å². The Kier molecular flexibility index (Phi) is 12.2. The first kappa shape index (κ1) is 35.6. The number of ether oxygens (including phenoxy) is 3. The molecule has 4 N–H and O–H groups in total. The topological polar surface area (TPSA) is 104 Å². The summed E-state index contributed by atoms with van der Waals surface area (Å²) in [6.07, 6.45) is 1.23. The molecule has 0 aromatic heterocycles. The Bertz CT molecular complexity index is 1510. The van der Waals surface area contributed by atoms with Crippen molar-refractivity contribution in [2.75, 3.05) is 46.1 Å². The number of aliphatic hydroxyl groups excluding tert-OH is 3. The maximum Gasteiger partial charge on any atom is 0.255 e. The van der Waals surface area contributed by atoms with Gasteiger partial charge in [0, 0.05) is 55.4 Å². The molecule has 8 nitrogen and oxygen atoms in total. The van der Waals surface area contributed by atoms with Crippen molar-refractivity contribution >= 4 is 23.2 Å². The van der Waals surface area contributed by atoms with Crippen LogP contribution >= 0.6 is 23.2 Å². The number of rotatable bonds is 17. The highest BCUT2D eigenvalue weighted by atomic mass is 35.5. The molecule has 0 spiro atoms. The number of benzene rings is 3. The van der Waals surface area contributed by atoms with Crippen LogP contribution in [0, 0.1) is 12.8 Å². The highest BCUT2D eigenvalue weighted by Gasteiger charge is 2.57. The highest BCUT2D eigenvalue weighted by molar-refractivity contribution is 6.34. The van der Waals surface area contributed by atoms with Crippen LogP contribution in [-0.2, 0) is 13.2 Å². The van der Waals surface area contributed by atoms with Crippen molar-refractivity contribution in [2.24, 2.45) is 5.92 Å². The first-order valence-electron chi connectivity index (χ1n) is 15.9. The Morgan fingerprint density at radius 1 is 0.979 bits per heavy atom. The molecular formula is C35H42Cl2F2N2O6. The zero-order valence-corrected chi connectivity index (χ0v) is 27.9. The minimum Gasteiger partial charge on any atom is -0.493 e. The minimum absolute atomic E-state index is 0.0850. The second-order valence-electron chi connectivity index (χ2n) is 12.2. The summed E-state index contributed by atoms with van der Waals surface area (Å²) in [5.41, 5.74) is 4.02. The Morgan fingerprint density at radius 2 is 1.72 bits per heavy atom. The van der Waals surface area contributed by atoms with Gasteiger partial charge in [-0.3, -0.25) is 0 Å². The van der Waals surface area contributed by atoms with Crippen LogP contribution in [0.5, 0.6) is 17.2 Å². The van der Waals surface area contributed by atoms with Crippen LogP contribution in [-0.4, -0.2) is 84.3 Å². The van der Waals surface area contributed by atoms with Crippen molar-refractivity contribution in [3.63, 3.8) is 0 Å². The fourth-order valence-electron chi connectivity index (χ4n) is 5.64. The molecule has 5 rings (SSSR count). The van der Waals surface area contributed by atoms with Gasteiger partial charge in [-0.2, -0.15) is 0 Å². The van der Waals surface area contributed by atoms with Gasteiger partial charge in [0.1, 0.15) is 23.9 Å². The molecule has 0 bridgehead atoms. The van der Waals surface area contributed by atoms with E-state index in [0.717, 1.165) is 60.5 Å². The summed E-state index contributed by atoms with van der Waals surface area (Å²) in [5.74, 6) is -2.19. The Morgan fingerprint density at radius 3 is 2.43 bits per heavy atom. The number of hydrogen-bond donors (Lipinski definition) is 4. The van der Waals surface area contributed by atoms with Crippen LogP contribution in [0.25, 0.3) is 11.1 Å². The van der Waals surface area contributed by atoms with Crippen molar-refractivity contribution < 1.29 is 38.3 Å². The van der Waals surface area contributed by atoms with E-state index in [1.807, 2.05) is 43.3 Å². The molecule has 1 saturated heterocycles. The molecule has 0 radical (unpaired) electrons. The van der Waals surface area contributed by atoms with Crippen LogP contribution in [0.3, 0.4) is 0 Å². The van der Waals surface area contributed by atoms with Gasteiger partial charge < -0.3 is 39.7 Å². The number of likely N-dealkylation sites (tertiary alicyclic amines) is 1. The number of hydrogen-bond acceptors (Lipinski definition) is 8. The van der Waals surface area contributed by atoms with E-state index in [0.29, 0.717) is 28.7 Å². The van der Waals surface area contributed by atoms with Gasteiger partial charge in [-0.05, 0) is 43.0 Å². The standard InChI is InChI=1S/C35H42Cl2F2N2O6/c1-22-28(6-3-8-31(22)45-12-4-10-41-11-9-27(44)17-41)29-7-2-5-23(34(29)37)20-46-33-14-32(47-21-25-15-35(25,38)39)24(13-30(33)36)16-40-26(18-42)19-43/h2-3,5-8,13-14,25-27,40,42-44H,4,9-12,15-21H2,1H3. The molecule has 2 unspecified atom stereocenters. The summed E-state index contributed by atoms with van der Waals surface area (Å²) in [5, 5.41) is 32.4. The van der Waals surface area contributed by atoms with E-state index in [4.69, 9.17) is 37.4 Å². The zero-order chi connectivity index (χ0) is 33.6. The van der Waals surface area contributed by atoms with Crippen LogP contribution in [0.4, 0.5) is 8.78 Å². The van der Waals surface area contributed by atoms with E-state index < -0.39 is 17.9 Å². The molecular weight excluding hydrogens is 653 g/mol. The van der Waals surface area contributed by atoms with E-state index in [1.54, 1.807) is 12.1 Å². The zero-order valence-electron chi connectivity index (χ0n) is 26.4. The van der Waals surface area contributed by atoms with Gasteiger partial charge in [0.15, 0.2) is 0 Å². The molecule has 3 aromatic rings. The Hall–Kier alpha value is -2.70. The molecule has 1 aliphatic carbocycles. The summed E-state index contributed by atoms with van der Waals surface area (Å²) in [7, 11) is 0. The number of nitrogens with one attached hydrogen (secondary N) is 1. The normalized spacial score (nSPS) is 18.9. The second kappa shape index (κ2) is 16.1. The van der Waals surface area contributed by atoms with Crippen molar-refractivity contribution in [3.8, 4) is 28.4 Å². The van der Waals surface area contributed by atoms with E-state index >= 15 is 0 Å². The molecule has 12 heteroatoms. The number of alkyl halides is 2. The molecule has 256 valence electrons. The molecule has 1 saturated carbocycles. The lowest BCUT2D eigenvalue weighted by atomic mass is 9.98. The van der Waals surface area contributed by atoms with E-state index in [9.17, 15) is 24.1 Å². The third-order valence-corrected chi connectivity index (χ3v) is 9.43. The average Bonchev–Trinajstić information content (AvgIpc) is 3.45. The summed E-state index contributed by atoms with van der Waals surface area (Å²) < 4.78 is 45.1. The average molecular weight is 696 g/mol. The molecule has 2 aliphatic rings. The summed E-state index contributed by atoms with van der Waals surface area (Å²) >= 11 is 13.5. The third kappa shape index (κ3) is 9.26. The molecule has 1 heterocycles. The van der Waals surface area contributed by atoms with Gasteiger partial charge in [-0.25, -0.2) is 8.78 Å². The maximum absolute atomic E-state index is 13.5. The van der Waals surface area contributed by atoms with E-state index in [1.165, 1.54) is 0 Å². The van der Waals surface area contributed by atoms with Gasteiger partial charge in [-0.1, -0.05) is 53.5 Å². The quantitative estimate of drug-likeness (QED) is 0.130. The molecule has 3 aromatic carbocycles. The van der Waals surface area contributed by atoms with Gasteiger partial charge in [0.2, 0.25) is 0 Å². The maximum atomic E-state index is 13.5. The van der Waals surface area contributed by atoms with Crippen LogP contribution < -0.4 is 19.5 Å². The lowest BCUT2D eigenvalue weighted by molar-refractivity contribution is 0.0853. The van der Waals surface area contributed by atoms with Gasteiger partial charge in [0.25, 0.3) is 5.92 Å². The fourth-order valence-corrected chi connectivity index (χ4v) is 6.17. The van der Waals surface area contributed by atoms with Gasteiger partial charge >= 0.3 is 0 Å². The van der Waals surface area contributed by atoms with E-state index in [-0.39, 0.29) is 50.5 Å². The lowest BCUT2D eigenvalue weighted by Crippen LogP contribution is -2.35. The lowest BCUT2D eigenvalue weighted by Gasteiger charge is -2.19. The molecule has 0 amide bonds. The monoisotopic (exact) mass is 694 g/mol. The van der Waals surface area contributed by atoms with Crippen LogP contribution in [0.2, 0.25) is 10.0 Å². The van der Waals surface area contributed by atoms with Crippen molar-refractivity contribution in [1.29, 1.82) is 0 Å². The van der Waals surface area contributed by atoms with Crippen molar-refractivity contribution in [2.45, 2.75) is 57.4 Å². The summed E-state index contributed by atoms with van der Waals surface area (Å²) in [4.78, 5) is 2.25. The smallest absolute Gasteiger partial charge is 0.255 e. The first-order chi connectivity index (χ1) is 22.6. The predicted molar refractivity (Wildman–Crippen MR) is 178 cm³/mol. The first-order valence-corrected chi connectivity index (χ1v) is 16.7.